The van der Waals surface area contributed by atoms with Gasteiger partial charge in [-0.05, 0) is 0 Å². The molecule has 0 unspecified atom stereocenters. The largest absolute Gasteiger partial charge is 0.344 e. The number of fused-ring (bicyclic) bond motifs is 1. The first-order valence-corrected chi connectivity index (χ1v) is 5.58. The molecule has 0 aliphatic carbocycles. The second-order valence-corrected chi connectivity index (χ2v) is 7.10. The highest BCUT2D eigenvalue weighted by atomic mass is 79.9. The summed E-state index contributed by atoms with van der Waals surface area (Å²) in [5.74, 6) is 1.23. The maximum absolute atomic E-state index is 11.2. The van der Waals surface area contributed by atoms with Gasteiger partial charge in [-0.2, -0.15) is 0 Å². The lowest BCUT2D eigenvalue weighted by atomic mass is 10.2. The molecular formula is C5H8Br2N2OS. The summed E-state index contributed by atoms with van der Waals surface area (Å²) in [5, 5.41) is 0.319. The number of rotatable bonds is 0. The molecule has 1 amide bonds. The molecule has 0 radical (unpaired) electrons. The molecule has 2 saturated heterocycles. The molecule has 6 heteroatoms. The van der Waals surface area contributed by atoms with Crippen molar-refractivity contribution >= 4 is 49.5 Å². The topological polar surface area (TPSA) is 55.3 Å². The number of hydrogen-bond donors (Lipinski definition) is 1. The molecule has 2 fully saturated rings. The highest BCUT2D eigenvalue weighted by Crippen LogP contribution is 2.51. The molecule has 0 aromatic carbocycles. The molecule has 2 heterocycles. The van der Waals surface area contributed by atoms with Crippen molar-refractivity contribution in [1.29, 1.82) is 0 Å². The SMILES string of the molecule is N.O=C1N2CCS[C@@H]2C1(Br)Br. The fraction of sp³-hybridized carbons (Fsp3) is 0.800. The molecule has 0 spiro atoms. The Hall–Kier alpha value is 0.740. The van der Waals surface area contributed by atoms with Crippen LogP contribution in [-0.2, 0) is 4.79 Å². The highest BCUT2D eigenvalue weighted by Gasteiger charge is 2.60. The Balaban J connectivity index is 0.000000605. The number of carbonyl (C=O) groups excluding carboxylic acids is 1. The zero-order valence-electron chi connectivity index (χ0n) is 5.72. The predicted octanol–water partition coefficient (Wildman–Crippen LogP) is 1.55. The van der Waals surface area contributed by atoms with E-state index >= 15 is 0 Å². The summed E-state index contributed by atoms with van der Waals surface area (Å²) in [6, 6.07) is 0. The van der Waals surface area contributed by atoms with Crippen molar-refractivity contribution in [2.75, 3.05) is 12.3 Å². The normalized spacial score (nSPS) is 32.4. The highest BCUT2D eigenvalue weighted by molar-refractivity contribution is 9.26. The van der Waals surface area contributed by atoms with Crippen molar-refractivity contribution in [1.82, 2.24) is 11.1 Å². The predicted molar refractivity (Wildman–Crippen MR) is 53.6 cm³/mol. The van der Waals surface area contributed by atoms with Crippen molar-refractivity contribution in [3.63, 3.8) is 0 Å². The van der Waals surface area contributed by atoms with Gasteiger partial charge in [0, 0.05) is 12.3 Å². The smallest absolute Gasteiger partial charge is 0.254 e. The number of alkyl halides is 2. The van der Waals surface area contributed by atoms with Crippen LogP contribution in [0.3, 0.4) is 0 Å². The Kier molecular flexibility index (Phi) is 2.59. The van der Waals surface area contributed by atoms with Crippen molar-refractivity contribution < 1.29 is 4.79 Å². The molecule has 0 aromatic rings. The summed E-state index contributed by atoms with van der Waals surface area (Å²) in [7, 11) is 0. The minimum atomic E-state index is -0.443. The van der Waals surface area contributed by atoms with Gasteiger partial charge < -0.3 is 11.1 Å². The van der Waals surface area contributed by atoms with Crippen LogP contribution in [0.25, 0.3) is 0 Å². The Morgan fingerprint density at radius 3 is 2.82 bits per heavy atom. The zero-order chi connectivity index (χ0) is 7.35. The second kappa shape index (κ2) is 2.90. The van der Waals surface area contributed by atoms with Crippen molar-refractivity contribution in [2.24, 2.45) is 0 Å². The van der Waals surface area contributed by atoms with Crippen molar-refractivity contribution in [3.8, 4) is 0 Å². The van der Waals surface area contributed by atoms with Crippen LogP contribution in [0.1, 0.15) is 0 Å². The van der Waals surface area contributed by atoms with Crippen molar-refractivity contribution in [3.05, 3.63) is 0 Å². The number of carbonyl (C=O) groups is 1. The standard InChI is InChI=1S/C5H5Br2NOS.H3N/c6-5(7)3(9)8-1-2-10-4(5)8;/h4H,1-2H2;1H3/t4-;/m1./s1. The van der Waals surface area contributed by atoms with E-state index in [-0.39, 0.29) is 12.1 Å². The number of hydrogen-bond acceptors (Lipinski definition) is 3. The fourth-order valence-corrected chi connectivity index (χ4v) is 4.17. The molecule has 0 aromatic heterocycles. The minimum absolute atomic E-state index is 0. The molecule has 2 rings (SSSR count). The second-order valence-electron chi connectivity index (χ2n) is 2.34. The lowest BCUT2D eigenvalue weighted by Gasteiger charge is -2.44. The number of β-lactam (4-membered cyclic amide) rings is 1. The van der Waals surface area contributed by atoms with Crippen LogP contribution >= 0.6 is 43.6 Å². The average Bonchev–Trinajstić information content (AvgIpc) is 2.31. The van der Waals surface area contributed by atoms with Gasteiger partial charge >= 0.3 is 0 Å². The van der Waals surface area contributed by atoms with Gasteiger partial charge in [0.1, 0.15) is 5.37 Å². The Labute approximate surface area is 86.1 Å². The van der Waals surface area contributed by atoms with Gasteiger partial charge in [-0.15, -0.1) is 11.8 Å². The summed E-state index contributed by atoms with van der Waals surface area (Å²) in [4.78, 5) is 13.1. The van der Waals surface area contributed by atoms with Crippen LogP contribution < -0.4 is 6.15 Å². The average molecular weight is 304 g/mol. The van der Waals surface area contributed by atoms with Gasteiger partial charge in [0.05, 0.1) is 0 Å². The Morgan fingerprint density at radius 1 is 1.64 bits per heavy atom. The molecule has 0 saturated carbocycles. The first kappa shape index (κ1) is 9.83. The number of thioether (sulfide) groups is 1. The molecule has 1 atom stereocenters. The number of amides is 1. The summed E-state index contributed by atoms with van der Waals surface area (Å²) in [6.07, 6.45) is 0. The van der Waals surface area contributed by atoms with E-state index in [1.54, 1.807) is 0 Å². The first-order chi connectivity index (χ1) is 4.64. The number of halogens is 2. The van der Waals surface area contributed by atoms with E-state index in [4.69, 9.17) is 0 Å². The van der Waals surface area contributed by atoms with Gasteiger partial charge in [-0.3, -0.25) is 4.79 Å². The van der Waals surface area contributed by atoms with Gasteiger partial charge in [0.25, 0.3) is 5.91 Å². The van der Waals surface area contributed by atoms with E-state index in [9.17, 15) is 4.79 Å². The van der Waals surface area contributed by atoms with E-state index in [0.717, 1.165) is 12.3 Å². The third kappa shape index (κ3) is 1.15. The maximum atomic E-state index is 11.2. The first-order valence-electron chi connectivity index (χ1n) is 2.94. The molecule has 0 bridgehead atoms. The number of nitrogens with zero attached hydrogens (tertiary/aromatic N) is 1. The van der Waals surface area contributed by atoms with Gasteiger partial charge in [0.2, 0.25) is 0 Å². The lowest BCUT2D eigenvalue weighted by Crippen LogP contribution is -2.63. The van der Waals surface area contributed by atoms with Gasteiger partial charge in [-0.25, -0.2) is 0 Å². The minimum Gasteiger partial charge on any atom is -0.344 e. The summed E-state index contributed by atoms with van der Waals surface area (Å²) in [6.45, 7) is 0.910. The van der Waals surface area contributed by atoms with E-state index in [2.05, 4.69) is 31.9 Å². The van der Waals surface area contributed by atoms with E-state index in [0.29, 0.717) is 5.37 Å². The van der Waals surface area contributed by atoms with Crippen LogP contribution in [-0.4, -0.2) is 31.7 Å². The summed E-state index contributed by atoms with van der Waals surface area (Å²) < 4.78 is -0.443. The zero-order valence-corrected chi connectivity index (χ0v) is 9.71. The van der Waals surface area contributed by atoms with E-state index < -0.39 is 3.23 Å². The monoisotopic (exact) mass is 302 g/mol. The Bertz CT molecular complexity index is 199. The van der Waals surface area contributed by atoms with Gasteiger partial charge in [0.15, 0.2) is 3.23 Å². The van der Waals surface area contributed by atoms with Crippen LogP contribution in [0.5, 0.6) is 0 Å². The molecule has 64 valence electrons. The summed E-state index contributed by atoms with van der Waals surface area (Å²) in [5.41, 5.74) is 0. The van der Waals surface area contributed by atoms with Crippen LogP contribution in [0.2, 0.25) is 0 Å². The third-order valence-electron chi connectivity index (χ3n) is 1.75. The van der Waals surface area contributed by atoms with Crippen LogP contribution in [0, 0.1) is 0 Å². The maximum Gasteiger partial charge on any atom is 0.254 e. The molecule has 3 nitrogen and oxygen atoms in total. The molecule has 2 aliphatic rings. The lowest BCUT2D eigenvalue weighted by molar-refractivity contribution is -0.140. The van der Waals surface area contributed by atoms with Crippen LogP contribution in [0.15, 0.2) is 0 Å². The Morgan fingerprint density at radius 2 is 2.27 bits per heavy atom. The van der Waals surface area contributed by atoms with E-state index in [1.165, 1.54) is 0 Å². The fourth-order valence-electron chi connectivity index (χ4n) is 1.21. The summed E-state index contributed by atoms with van der Waals surface area (Å²) >= 11 is 8.50. The quantitative estimate of drug-likeness (QED) is 0.546. The van der Waals surface area contributed by atoms with E-state index in [1.807, 2.05) is 16.7 Å². The molecular weight excluding hydrogens is 296 g/mol. The molecule has 11 heavy (non-hydrogen) atoms. The third-order valence-corrected chi connectivity index (χ3v) is 5.24. The van der Waals surface area contributed by atoms with Gasteiger partial charge in [-0.1, -0.05) is 31.9 Å². The molecule has 3 N–H and O–H groups in total. The van der Waals surface area contributed by atoms with Crippen molar-refractivity contribution in [2.45, 2.75) is 8.61 Å². The molecule has 2 aliphatic heterocycles. The van der Waals surface area contributed by atoms with Crippen LogP contribution in [0.4, 0.5) is 0 Å².